The molecule has 1 heterocycles. The van der Waals surface area contributed by atoms with Crippen molar-refractivity contribution in [2.24, 2.45) is 0 Å². The number of nitrogens with one attached hydrogen (secondary N) is 1. The van der Waals surface area contributed by atoms with Crippen LogP contribution >= 0.6 is 0 Å². The first kappa shape index (κ1) is 16.6. The average molecular weight is 308 g/mol. The van der Waals surface area contributed by atoms with Gasteiger partial charge < -0.3 is 4.74 Å². The second-order valence-electron chi connectivity index (χ2n) is 5.98. The molecule has 23 heavy (non-hydrogen) atoms. The lowest BCUT2D eigenvalue weighted by Crippen LogP contribution is -2.27. The van der Waals surface area contributed by atoms with Crippen LogP contribution in [0.4, 0.5) is 10.5 Å². The normalized spacial score (nSPS) is 10.4. The number of ether oxygens (including phenoxy) is 1. The number of carbonyl (C=O) groups excluding carboxylic acids is 1. The van der Waals surface area contributed by atoms with E-state index < -0.39 is 11.7 Å². The Kier molecular flexibility index (Phi) is 5.02. The monoisotopic (exact) mass is 308 g/mol. The highest BCUT2D eigenvalue weighted by atomic mass is 16.6. The minimum absolute atomic E-state index is 0.522. The summed E-state index contributed by atoms with van der Waals surface area (Å²) in [6.07, 6.45) is 1.08. The van der Waals surface area contributed by atoms with E-state index in [4.69, 9.17) is 4.74 Å². The molecule has 0 atom stereocenters. The Hall–Kier alpha value is -2.80. The van der Waals surface area contributed by atoms with E-state index in [0.29, 0.717) is 11.3 Å². The lowest BCUT2D eigenvalue weighted by Gasteiger charge is -2.20. The maximum Gasteiger partial charge on any atom is 0.412 e. The standard InChI is InChI=1S/C19H20N2O2/c1-5-9-15-12-16(14-10-7-6-8-11-14)20-13-17(15)21-18(22)23-19(2,3)4/h6-8,10-13H,1-4H3,(H,21,22). The molecule has 1 N–H and O–H groups in total. The van der Waals surface area contributed by atoms with Gasteiger partial charge in [-0.1, -0.05) is 36.3 Å². The largest absolute Gasteiger partial charge is 0.444 e. The van der Waals surface area contributed by atoms with Crippen LogP contribution in [0.3, 0.4) is 0 Å². The SMILES string of the molecule is CC#Cc1cc(-c2ccccc2)ncc1NC(=O)OC(C)(C)C. The van der Waals surface area contributed by atoms with Crippen LogP contribution in [0.1, 0.15) is 33.3 Å². The second-order valence-corrected chi connectivity index (χ2v) is 5.98. The molecule has 2 aromatic rings. The summed E-state index contributed by atoms with van der Waals surface area (Å²) in [4.78, 5) is 16.3. The molecule has 0 unspecified atom stereocenters. The van der Waals surface area contributed by atoms with Crippen molar-refractivity contribution in [3.63, 3.8) is 0 Å². The quantitative estimate of drug-likeness (QED) is 0.833. The number of nitrogens with zero attached hydrogens (tertiary/aromatic N) is 1. The van der Waals surface area contributed by atoms with Gasteiger partial charge in [0.1, 0.15) is 5.60 Å². The Morgan fingerprint density at radius 3 is 2.52 bits per heavy atom. The summed E-state index contributed by atoms with van der Waals surface area (Å²) >= 11 is 0. The predicted molar refractivity (Wildman–Crippen MR) is 92.1 cm³/mol. The summed E-state index contributed by atoms with van der Waals surface area (Å²) < 4.78 is 5.26. The third-order valence-corrected chi connectivity index (χ3v) is 2.87. The van der Waals surface area contributed by atoms with Gasteiger partial charge in [0.15, 0.2) is 0 Å². The van der Waals surface area contributed by atoms with Crippen LogP contribution in [0.5, 0.6) is 0 Å². The van der Waals surface area contributed by atoms with E-state index in [1.165, 1.54) is 0 Å². The van der Waals surface area contributed by atoms with E-state index in [0.717, 1.165) is 11.3 Å². The van der Waals surface area contributed by atoms with Crippen molar-refractivity contribution in [2.45, 2.75) is 33.3 Å². The number of rotatable bonds is 2. The van der Waals surface area contributed by atoms with Crippen molar-refractivity contribution in [2.75, 3.05) is 5.32 Å². The number of pyridine rings is 1. The highest BCUT2D eigenvalue weighted by Crippen LogP contribution is 2.22. The highest BCUT2D eigenvalue weighted by Gasteiger charge is 2.17. The molecule has 0 radical (unpaired) electrons. The molecule has 0 saturated heterocycles. The van der Waals surface area contributed by atoms with Gasteiger partial charge in [0.05, 0.1) is 23.1 Å². The molecule has 0 spiro atoms. The molecule has 4 nitrogen and oxygen atoms in total. The molecule has 1 amide bonds. The third kappa shape index (κ3) is 4.86. The number of carbonyl (C=O) groups is 1. The number of amides is 1. The Morgan fingerprint density at radius 1 is 1.22 bits per heavy atom. The van der Waals surface area contributed by atoms with Crippen LogP contribution in [-0.2, 0) is 4.74 Å². The number of hydrogen-bond donors (Lipinski definition) is 1. The molecule has 0 aliphatic heterocycles. The fraction of sp³-hybridized carbons (Fsp3) is 0.263. The molecular weight excluding hydrogens is 288 g/mol. The van der Waals surface area contributed by atoms with E-state index in [9.17, 15) is 4.79 Å². The number of aromatic nitrogens is 1. The summed E-state index contributed by atoms with van der Waals surface area (Å²) in [5.41, 5.74) is 2.48. The molecule has 1 aromatic heterocycles. The van der Waals surface area contributed by atoms with Gasteiger partial charge in [0, 0.05) is 5.56 Å². The van der Waals surface area contributed by atoms with Crippen molar-refractivity contribution < 1.29 is 9.53 Å². The molecule has 0 fully saturated rings. The molecule has 0 aliphatic carbocycles. The molecule has 0 aliphatic rings. The van der Waals surface area contributed by atoms with Crippen molar-refractivity contribution in [1.82, 2.24) is 4.98 Å². The van der Waals surface area contributed by atoms with Gasteiger partial charge in [-0.2, -0.15) is 0 Å². The van der Waals surface area contributed by atoms with E-state index in [2.05, 4.69) is 22.1 Å². The van der Waals surface area contributed by atoms with E-state index in [-0.39, 0.29) is 0 Å². The molecular formula is C19H20N2O2. The molecule has 118 valence electrons. The van der Waals surface area contributed by atoms with Crippen LogP contribution in [0.15, 0.2) is 42.6 Å². The number of anilines is 1. The Labute approximate surface area is 136 Å². The zero-order valence-corrected chi connectivity index (χ0v) is 13.8. The van der Waals surface area contributed by atoms with Gasteiger partial charge in [-0.3, -0.25) is 10.3 Å². The minimum atomic E-state index is -0.557. The lowest BCUT2D eigenvalue weighted by atomic mass is 10.1. The van der Waals surface area contributed by atoms with Crippen LogP contribution in [0, 0.1) is 11.8 Å². The summed E-state index contributed by atoms with van der Waals surface area (Å²) in [5, 5.41) is 2.70. The highest BCUT2D eigenvalue weighted by molar-refractivity contribution is 5.87. The van der Waals surface area contributed by atoms with Crippen LogP contribution in [-0.4, -0.2) is 16.7 Å². The van der Waals surface area contributed by atoms with Crippen LogP contribution in [0.2, 0.25) is 0 Å². The molecule has 0 saturated carbocycles. The topological polar surface area (TPSA) is 51.2 Å². The number of hydrogen-bond acceptors (Lipinski definition) is 3. The number of benzene rings is 1. The first-order chi connectivity index (χ1) is 10.9. The van der Waals surface area contributed by atoms with E-state index >= 15 is 0 Å². The summed E-state index contributed by atoms with van der Waals surface area (Å²) in [6, 6.07) is 11.7. The Balaban J connectivity index is 2.30. The van der Waals surface area contributed by atoms with Crippen molar-refractivity contribution in [1.29, 1.82) is 0 Å². The first-order valence-corrected chi connectivity index (χ1v) is 7.37. The predicted octanol–water partition coefficient (Wildman–Crippen LogP) is 4.47. The summed E-state index contributed by atoms with van der Waals surface area (Å²) in [5.74, 6) is 5.85. The van der Waals surface area contributed by atoms with Gasteiger partial charge in [0.25, 0.3) is 0 Å². The van der Waals surface area contributed by atoms with Crippen molar-refractivity contribution in [3.05, 3.63) is 48.2 Å². The zero-order chi connectivity index (χ0) is 16.9. The van der Waals surface area contributed by atoms with Gasteiger partial charge in [0.2, 0.25) is 0 Å². The maximum atomic E-state index is 11.9. The zero-order valence-electron chi connectivity index (χ0n) is 13.8. The van der Waals surface area contributed by atoms with Gasteiger partial charge in [-0.25, -0.2) is 4.79 Å². The average Bonchev–Trinajstić information content (AvgIpc) is 2.48. The Bertz CT molecular complexity index is 750. The van der Waals surface area contributed by atoms with Crippen LogP contribution < -0.4 is 5.32 Å². The first-order valence-electron chi connectivity index (χ1n) is 7.37. The minimum Gasteiger partial charge on any atom is -0.444 e. The smallest absolute Gasteiger partial charge is 0.412 e. The fourth-order valence-corrected chi connectivity index (χ4v) is 1.97. The second kappa shape index (κ2) is 6.97. The Morgan fingerprint density at radius 2 is 1.91 bits per heavy atom. The van der Waals surface area contributed by atoms with Crippen LogP contribution in [0.25, 0.3) is 11.3 Å². The molecule has 1 aromatic carbocycles. The van der Waals surface area contributed by atoms with Gasteiger partial charge >= 0.3 is 6.09 Å². The summed E-state index contributed by atoms with van der Waals surface area (Å²) in [6.45, 7) is 7.20. The molecule has 0 bridgehead atoms. The lowest BCUT2D eigenvalue weighted by molar-refractivity contribution is 0.0636. The van der Waals surface area contributed by atoms with Gasteiger partial charge in [-0.05, 0) is 33.8 Å². The third-order valence-electron chi connectivity index (χ3n) is 2.87. The van der Waals surface area contributed by atoms with Crippen molar-refractivity contribution >= 4 is 11.8 Å². The van der Waals surface area contributed by atoms with E-state index in [1.807, 2.05) is 57.2 Å². The van der Waals surface area contributed by atoms with Crippen molar-refractivity contribution in [3.8, 4) is 23.1 Å². The fourth-order valence-electron chi connectivity index (χ4n) is 1.97. The molecule has 2 rings (SSSR count). The summed E-state index contributed by atoms with van der Waals surface area (Å²) in [7, 11) is 0. The molecule has 4 heteroatoms. The van der Waals surface area contributed by atoms with E-state index in [1.54, 1.807) is 13.1 Å². The van der Waals surface area contributed by atoms with Gasteiger partial charge in [-0.15, -0.1) is 5.92 Å². The maximum absolute atomic E-state index is 11.9.